The average molecular weight is 336 g/mol. The molecule has 1 aromatic rings. The van der Waals surface area contributed by atoms with Crippen LogP contribution in [0.5, 0.6) is 0 Å². The summed E-state index contributed by atoms with van der Waals surface area (Å²) in [6.45, 7) is 5.12. The fourth-order valence-corrected chi connectivity index (χ4v) is 3.99. The molecule has 0 bridgehead atoms. The summed E-state index contributed by atoms with van der Waals surface area (Å²) in [7, 11) is 1.99. The van der Waals surface area contributed by atoms with Crippen LogP contribution in [0.3, 0.4) is 0 Å². The van der Waals surface area contributed by atoms with Crippen LogP contribution in [0.25, 0.3) is 0 Å². The Hall–Kier alpha value is -2.41. The highest BCUT2D eigenvalue weighted by Gasteiger charge is 2.39. The van der Waals surface area contributed by atoms with Gasteiger partial charge < -0.3 is 4.90 Å². The molecule has 0 radical (unpaired) electrons. The van der Waals surface area contributed by atoms with E-state index >= 15 is 0 Å². The monoisotopic (exact) mass is 336 g/mol. The first kappa shape index (κ1) is 17.4. The maximum atomic E-state index is 12.9. The van der Waals surface area contributed by atoms with Gasteiger partial charge in [-0.25, -0.2) is 4.99 Å². The van der Waals surface area contributed by atoms with Crippen molar-refractivity contribution < 1.29 is 9.79 Å². The first-order chi connectivity index (χ1) is 12.0. The molecule has 4 heteroatoms. The normalized spacial score (nSPS) is 21.9. The second kappa shape index (κ2) is 6.84. The fraction of sp³-hybridized carbons (Fsp3) is 0.476. The van der Waals surface area contributed by atoms with Crippen molar-refractivity contribution in [3.8, 4) is 6.07 Å². The number of ketones is 1. The van der Waals surface area contributed by atoms with Gasteiger partial charge in [0.15, 0.2) is 17.4 Å². The van der Waals surface area contributed by atoms with E-state index in [4.69, 9.17) is 0 Å². The number of carbonyl (C=O) groups excluding carboxylic acids is 1. The molecule has 0 amide bonds. The van der Waals surface area contributed by atoms with E-state index < -0.39 is 5.92 Å². The Kier molecular flexibility index (Phi) is 4.76. The maximum absolute atomic E-state index is 12.9. The zero-order chi connectivity index (χ0) is 18.0. The van der Waals surface area contributed by atoms with Gasteiger partial charge in [-0.05, 0) is 24.5 Å². The maximum Gasteiger partial charge on any atom is 0.188 e. The number of fused-ring (bicyclic) bond motifs is 1. The highest BCUT2D eigenvalue weighted by Crippen LogP contribution is 2.46. The van der Waals surface area contributed by atoms with E-state index in [-0.39, 0.29) is 11.2 Å². The molecule has 25 heavy (non-hydrogen) atoms. The molecule has 0 aliphatic carbocycles. The van der Waals surface area contributed by atoms with Gasteiger partial charge in [0.1, 0.15) is 6.54 Å². The van der Waals surface area contributed by atoms with Crippen molar-refractivity contribution in [3.63, 3.8) is 0 Å². The van der Waals surface area contributed by atoms with Crippen molar-refractivity contribution in [1.82, 2.24) is 0 Å². The number of likely N-dealkylation sites (N-methyl/N-ethyl adjacent to an activating group) is 1. The number of nitrogens with zero attached hydrogens (tertiary/aromatic N) is 2. The van der Waals surface area contributed by atoms with Gasteiger partial charge in [0.05, 0.1) is 6.07 Å². The fourth-order valence-electron chi connectivity index (χ4n) is 3.99. The highest BCUT2D eigenvalue weighted by molar-refractivity contribution is 6.10. The largest absolute Gasteiger partial charge is 0.347 e. The van der Waals surface area contributed by atoms with Gasteiger partial charge in [-0.15, -0.1) is 0 Å². The molecule has 2 aliphatic heterocycles. The molecule has 3 rings (SSSR count). The van der Waals surface area contributed by atoms with Crippen molar-refractivity contribution >= 4 is 17.2 Å². The number of anilines is 1. The third kappa shape index (κ3) is 3.11. The molecule has 2 heterocycles. The summed E-state index contributed by atoms with van der Waals surface area (Å²) >= 11 is 0. The number of benzene rings is 1. The number of hydrogen-bond donors (Lipinski definition) is 1. The lowest BCUT2D eigenvalue weighted by molar-refractivity contribution is -0.459. The van der Waals surface area contributed by atoms with Crippen molar-refractivity contribution in [3.05, 3.63) is 41.6 Å². The van der Waals surface area contributed by atoms with Crippen LogP contribution in [-0.4, -0.2) is 25.1 Å². The second-order valence-corrected chi connectivity index (χ2v) is 7.46. The molecule has 0 aromatic heterocycles. The van der Waals surface area contributed by atoms with Crippen LogP contribution in [0.15, 0.2) is 36.0 Å². The van der Waals surface area contributed by atoms with Crippen molar-refractivity contribution in [2.24, 2.45) is 5.92 Å². The molecule has 1 N–H and O–H groups in total. The number of carbonyl (C=O) groups is 1. The summed E-state index contributed by atoms with van der Waals surface area (Å²) in [5.41, 5.74) is 3.93. The van der Waals surface area contributed by atoms with Gasteiger partial charge in [-0.3, -0.25) is 4.79 Å². The van der Waals surface area contributed by atoms with Gasteiger partial charge in [0.2, 0.25) is 0 Å². The summed E-state index contributed by atoms with van der Waals surface area (Å²) < 4.78 is 0. The molecule has 0 unspecified atom stereocenters. The van der Waals surface area contributed by atoms with Crippen LogP contribution in [0.1, 0.15) is 45.1 Å². The minimum Gasteiger partial charge on any atom is -0.347 e. The number of rotatable bonds is 3. The Morgan fingerprint density at radius 3 is 2.80 bits per heavy atom. The third-order valence-corrected chi connectivity index (χ3v) is 5.46. The molecule has 4 nitrogen and oxygen atoms in total. The van der Waals surface area contributed by atoms with Crippen molar-refractivity contribution in [2.45, 2.75) is 44.9 Å². The molecule has 0 fully saturated rings. The smallest absolute Gasteiger partial charge is 0.188 e. The van der Waals surface area contributed by atoms with Gasteiger partial charge in [0, 0.05) is 42.8 Å². The first-order valence-corrected chi connectivity index (χ1v) is 9.05. The minimum absolute atomic E-state index is 0.116. The number of nitrogens with one attached hydrogen (secondary N) is 1. The van der Waals surface area contributed by atoms with E-state index in [2.05, 4.69) is 41.9 Å². The SMILES string of the molecule is CN1/C(=C/C(=O)[C@@H](C#N)C2=[NH+]CCCCC2)C(C)(C)c2ccccc21. The molecule has 1 atom stereocenters. The topological polar surface area (TPSA) is 58.1 Å². The molecular weight excluding hydrogens is 310 g/mol. The van der Waals surface area contributed by atoms with Crippen LogP contribution >= 0.6 is 0 Å². The molecule has 2 aliphatic rings. The Morgan fingerprint density at radius 2 is 2.08 bits per heavy atom. The van der Waals surface area contributed by atoms with Gasteiger partial charge in [-0.2, -0.15) is 5.26 Å². The quantitative estimate of drug-likeness (QED) is 0.860. The first-order valence-electron chi connectivity index (χ1n) is 9.05. The van der Waals surface area contributed by atoms with E-state index in [1.807, 2.05) is 19.2 Å². The van der Waals surface area contributed by atoms with E-state index in [9.17, 15) is 10.1 Å². The minimum atomic E-state index is -0.696. The van der Waals surface area contributed by atoms with E-state index in [1.165, 1.54) is 5.56 Å². The summed E-state index contributed by atoms with van der Waals surface area (Å²) in [6, 6.07) is 10.5. The van der Waals surface area contributed by atoms with Crippen LogP contribution in [-0.2, 0) is 10.2 Å². The van der Waals surface area contributed by atoms with Gasteiger partial charge in [-0.1, -0.05) is 32.0 Å². The summed E-state index contributed by atoms with van der Waals surface area (Å²) in [5, 5.41) is 9.61. The third-order valence-electron chi connectivity index (χ3n) is 5.46. The molecule has 0 saturated heterocycles. The number of hydrogen-bond acceptors (Lipinski definition) is 3. The van der Waals surface area contributed by atoms with E-state index in [0.717, 1.165) is 49.3 Å². The second-order valence-electron chi connectivity index (χ2n) is 7.46. The number of para-hydroxylation sites is 1. The Labute approximate surface area is 149 Å². The van der Waals surface area contributed by atoms with Gasteiger partial charge in [0.25, 0.3) is 0 Å². The summed E-state index contributed by atoms with van der Waals surface area (Å²) in [5.74, 6) is -0.812. The molecule has 0 saturated carbocycles. The molecule has 130 valence electrons. The van der Waals surface area contributed by atoms with Crippen LogP contribution in [0.4, 0.5) is 5.69 Å². The lowest BCUT2D eigenvalue weighted by atomic mass is 9.82. The number of allylic oxidation sites excluding steroid dienone is 2. The number of nitriles is 1. The highest BCUT2D eigenvalue weighted by atomic mass is 16.1. The van der Waals surface area contributed by atoms with Crippen LogP contribution < -0.4 is 9.89 Å². The van der Waals surface area contributed by atoms with E-state index in [0.29, 0.717) is 0 Å². The zero-order valence-corrected chi connectivity index (χ0v) is 15.3. The van der Waals surface area contributed by atoms with Crippen molar-refractivity contribution in [1.29, 1.82) is 5.26 Å². The summed E-state index contributed by atoms with van der Waals surface area (Å²) in [6.07, 6.45) is 5.79. The van der Waals surface area contributed by atoms with Crippen LogP contribution in [0, 0.1) is 17.2 Å². The van der Waals surface area contributed by atoms with Crippen LogP contribution in [0.2, 0.25) is 0 Å². The van der Waals surface area contributed by atoms with E-state index in [1.54, 1.807) is 6.08 Å². The van der Waals surface area contributed by atoms with Crippen molar-refractivity contribution in [2.75, 3.05) is 18.5 Å². The average Bonchev–Trinajstić information content (AvgIpc) is 2.81. The lowest BCUT2D eigenvalue weighted by Gasteiger charge is -2.24. The predicted molar refractivity (Wildman–Crippen MR) is 99.4 cm³/mol. The standard InChI is InChI=1S/C21H25N3O/c1-21(2)16-9-6-7-11-18(16)24(3)20(21)13-19(25)15(14-22)17-10-5-4-8-12-23-17/h6-7,9,11,13,15H,4-5,8,10,12H2,1-3H3/p+1/b20-13+/t15-/m0/s1. The lowest BCUT2D eigenvalue weighted by Crippen LogP contribution is -2.74. The van der Waals surface area contributed by atoms with Gasteiger partial charge >= 0.3 is 0 Å². The molecule has 1 aromatic carbocycles. The predicted octanol–water partition coefficient (Wildman–Crippen LogP) is 2.10. The molecular formula is C21H26N3O+. The Balaban J connectivity index is 1.93. The Morgan fingerprint density at radius 1 is 1.32 bits per heavy atom. The Bertz CT molecular complexity index is 783. The molecule has 0 spiro atoms. The summed E-state index contributed by atoms with van der Waals surface area (Å²) in [4.78, 5) is 18.3. The zero-order valence-electron chi connectivity index (χ0n) is 15.3.